The van der Waals surface area contributed by atoms with E-state index in [0.717, 1.165) is 5.56 Å². The molecule has 0 radical (unpaired) electrons. The molecule has 0 unspecified atom stereocenters. The van der Waals surface area contributed by atoms with E-state index in [2.05, 4.69) is 10.6 Å². The number of hydrogen-bond acceptors (Lipinski definition) is 4. The fourth-order valence-electron chi connectivity index (χ4n) is 2.15. The Morgan fingerprint density at radius 1 is 0.960 bits per heavy atom. The van der Waals surface area contributed by atoms with Gasteiger partial charge in [0.2, 0.25) is 0 Å². The first-order valence-electron chi connectivity index (χ1n) is 7.89. The average Bonchev–Trinajstić information content (AvgIpc) is 2.65. The van der Waals surface area contributed by atoms with E-state index in [1.165, 1.54) is 0 Å². The van der Waals surface area contributed by atoms with Crippen molar-refractivity contribution in [2.45, 2.75) is 13.0 Å². The van der Waals surface area contributed by atoms with Crippen LogP contribution in [0.15, 0.2) is 60.7 Å². The Kier molecular flexibility index (Phi) is 6.71. The van der Waals surface area contributed by atoms with E-state index in [9.17, 15) is 14.4 Å². The van der Waals surface area contributed by atoms with Gasteiger partial charge in [-0.25, -0.2) is 0 Å². The highest BCUT2D eigenvalue weighted by molar-refractivity contribution is 5.96. The monoisotopic (exact) mass is 340 g/mol. The summed E-state index contributed by atoms with van der Waals surface area (Å²) in [6.07, 6.45) is 0. The van der Waals surface area contributed by atoms with E-state index in [1.54, 1.807) is 30.3 Å². The number of carbonyl (C=O) groups excluding carboxylic acids is 3. The van der Waals surface area contributed by atoms with Gasteiger partial charge in [0, 0.05) is 5.56 Å². The molecule has 0 saturated heterocycles. The zero-order chi connectivity index (χ0) is 18.1. The quantitative estimate of drug-likeness (QED) is 0.753. The minimum Gasteiger partial charge on any atom is -0.454 e. The molecule has 0 aromatic heterocycles. The summed E-state index contributed by atoms with van der Waals surface area (Å²) in [5.74, 6) is -1.45. The molecule has 0 aliphatic rings. The first-order chi connectivity index (χ1) is 12.1. The van der Waals surface area contributed by atoms with Crippen LogP contribution in [0.25, 0.3) is 0 Å². The number of nitrogens with one attached hydrogen (secondary N) is 2. The van der Waals surface area contributed by atoms with E-state index in [-0.39, 0.29) is 18.5 Å². The van der Waals surface area contributed by atoms with Crippen LogP contribution in [0.5, 0.6) is 0 Å². The molecule has 2 aromatic rings. The van der Waals surface area contributed by atoms with Gasteiger partial charge in [0.15, 0.2) is 6.61 Å². The molecule has 0 heterocycles. The predicted octanol–water partition coefficient (Wildman–Crippen LogP) is 1.84. The van der Waals surface area contributed by atoms with Gasteiger partial charge < -0.3 is 15.4 Å². The van der Waals surface area contributed by atoms with E-state index in [0.29, 0.717) is 5.56 Å². The van der Waals surface area contributed by atoms with Crippen molar-refractivity contribution in [3.8, 4) is 0 Å². The number of carbonyl (C=O) groups is 3. The summed E-state index contributed by atoms with van der Waals surface area (Å²) in [7, 11) is 0. The lowest BCUT2D eigenvalue weighted by molar-refractivity contribution is -0.147. The highest BCUT2D eigenvalue weighted by Gasteiger charge is 2.13. The molecule has 2 amide bonds. The van der Waals surface area contributed by atoms with Gasteiger partial charge in [-0.15, -0.1) is 0 Å². The molecule has 130 valence electrons. The van der Waals surface area contributed by atoms with Gasteiger partial charge in [-0.3, -0.25) is 14.4 Å². The Hall–Kier alpha value is -3.15. The summed E-state index contributed by atoms with van der Waals surface area (Å²) in [6.45, 7) is 1.15. The summed E-state index contributed by atoms with van der Waals surface area (Å²) in [4.78, 5) is 35.2. The maximum absolute atomic E-state index is 11.8. The Bertz CT molecular complexity index is 717. The minimum absolute atomic E-state index is 0.190. The summed E-state index contributed by atoms with van der Waals surface area (Å²) in [5.41, 5.74) is 1.40. The number of esters is 1. The molecule has 25 heavy (non-hydrogen) atoms. The van der Waals surface area contributed by atoms with Crippen LogP contribution in [0.4, 0.5) is 0 Å². The lowest BCUT2D eigenvalue weighted by Gasteiger charge is -2.14. The Morgan fingerprint density at radius 3 is 2.20 bits per heavy atom. The van der Waals surface area contributed by atoms with Gasteiger partial charge in [-0.2, -0.15) is 0 Å². The van der Waals surface area contributed by atoms with E-state index >= 15 is 0 Å². The van der Waals surface area contributed by atoms with Gasteiger partial charge in [-0.05, 0) is 24.6 Å². The van der Waals surface area contributed by atoms with E-state index in [1.807, 2.05) is 37.3 Å². The van der Waals surface area contributed by atoms with Crippen LogP contribution in [-0.2, 0) is 14.3 Å². The third kappa shape index (κ3) is 6.10. The van der Waals surface area contributed by atoms with Crippen LogP contribution in [0, 0.1) is 0 Å². The molecule has 2 rings (SSSR count). The van der Waals surface area contributed by atoms with Crippen molar-refractivity contribution in [2.24, 2.45) is 0 Å². The van der Waals surface area contributed by atoms with Crippen molar-refractivity contribution in [1.82, 2.24) is 10.6 Å². The second-order valence-corrected chi connectivity index (χ2v) is 5.41. The van der Waals surface area contributed by atoms with Crippen LogP contribution in [0.3, 0.4) is 0 Å². The largest absolute Gasteiger partial charge is 0.454 e. The van der Waals surface area contributed by atoms with E-state index in [4.69, 9.17) is 4.74 Å². The number of benzene rings is 2. The van der Waals surface area contributed by atoms with Gasteiger partial charge in [0.25, 0.3) is 11.8 Å². The van der Waals surface area contributed by atoms with Crippen LogP contribution in [-0.4, -0.2) is 30.9 Å². The standard InChI is InChI=1S/C19H20N2O4/c1-14(15-8-4-2-5-9-15)21-17(22)13-25-18(23)12-20-19(24)16-10-6-3-7-11-16/h2-11,14H,12-13H2,1H3,(H,20,24)(H,21,22)/t14-/m0/s1. The van der Waals surface area contributed by atoms with Gasteiger partial charge in [-0.1, -0.05) is 48.5 Å². The molecule has 6 heteroatoms. The summed E-state index contributed by atoms with van der Waals surface area (Å²) in [5, 5.41) is 5.18. The second kappa shape index (κ2) is 9.22. The Balaban J connectivity index is 1.69. The maximum Gasteiger partial charge on any atom is 0.325 e. The molecule has 2 N–H and O–H groups in total. The third-order valence-electron chi connectivity index (χ3n) is 3.47. The normalized spacial score (nSPS) is 11.2. The summed E-state index contributed by atoms with van der Waals surface area (Å²) >= 11 is 0. The van der Waals surface area contributed by atoms with Crippen molar-refractivity contribution in [3.05, 3.63) is 71.8 Å². The summed E-state index contributed by atoms with van der Waals surface area (Å²) in [6, 6.07) is 17.8. The molecule has 6 nitrogen and oxygen atoms in total. The molecular weight excluding hydrogens is 320 g/mol. The Labute approximate surface area is 146 Å². The van der Waals surface area contributed by atoms with Crippen LogP contribution in [0.1, 0.15) is 28.9 Å². The zero-order valence-electron chi connectivity index (χ0n) is 13.9. The topological polar surface area (TPSA) is 84.5 Å². The minimum atomic E-state index is -0.674. The molecule has 0 spiro atoms. The smallest absolute Gasteiger partial charge is 0.325 e. The predicted molar refractivity (Wildman–Crippen MR) is 92.7 cm³/mol. The maximum atomic E-state index is 11.8. The highest BCUT2D eigenvalue weighted by atomic mass is 16.5. The second-order valence-electron chi connectivity index (χ2n) is 5.41. The number of rotatable bonds is 7. The van der Waals surface area contributed by atoms with Gasteiger partial charge >= 0.3 is 5.97 Å². The molecule has 1 atom stereocenters. The first kappa shape index (κ1) is 18.2. The number of amides is 2. The average molecular weight is 340 g/mol. The van der Waals surface area contributed by atoms with E-state index < -0.39 is 18.5 Å². The molecule has 0 aliphatic carbocycles. The van der Waals surface area contributed by atoms with Crippen molar-refractivity contribution < 1.29 is 19.1 Å². The summed E-state index contributed by atoms with van der Waals surface area (Å²) < 4.78 is 4.86. The first-order valence-corrected chi connectivity index (χ1v) is 7.89. The van der Waals surface area contributed by atoms with Crippen LogP contribution >= 0.6 is 0 Å². The van der Waals surface area contributed by atoms with Crippen LogP contribution < -0.4 is 10.6 Å². The van der Waals surface area contributed by atoms with Gasteiger partial charge in [0.05, 0.1) is 6.04 Å². The van der Waals surface area contributed by atoms with Crippen molar-refractivity contribution in [1.29, 1.82) is 0 Å². The van der Waals surface area contributed by atoms with Crippen molar-refractivity contribution in [3.63, 3.8) is 0 Å². The third-order valence-corrected chi connectivity index (χ3v) is 3.47. The molecule has 0 bridgehead atoms. The zero-order valence-corrected chi connectivity index (χ0v) is 13.9. The van der Waals surface area contributed by atoms with Gasteiger partial charge in [0.1, 0.15) is 6.54 Å². The molecular formula is C19H20N2O4. The number of hydrogen-bond donors (Lipinski definition) is 2. The molecule has 0 fully saturated rings. The molecule has 0 saturated carbocycles. The van der Waals surface area contributed by atoms with Crippen LogP contribution in [0.2, 0.25) is 0 Å². The fourth-order valence-corrected chi connectivity index (χ4v) is 2.15. The Morgan fingerprint density at radius 2 is 1.56 bits per heavy atom. The molecule has 2 aromatic carbocycles. The highest BCUT2D eigenvalue weighted by Crippen LogP contribution is 2.10. The molecule has 0 aliphatic heterocycles. The lowest BCUT2D eigenvalue weighted by Crippen LogP contribution is -2.34. The lowest BCUT2D eigenvalue weighted by atomic mass is 10.1. The number of ether oxygens (including phenoxy) is 1. The van der Waals surface area contributed by atoms with Crippen molar-refractivity contribution >= 4 is 17.8 Å². The SMILES string of the molecule is C[C@H](NC(=O)COC(=O)CNC(=O)c1ccccc1)c1ccccc1. The fraction of sp³-hybridized carbons (Fsp3) is 0.211. The van der Waals surface area contributed by atoms with Crippen molar-refractivity contribution in [2.75, 3.05) is 13.2 Å².